The van der Waals surface area contributed by atoms with E-state index in [2.05, 4.69) is 75.0 Å². The van der Waals surface area contributed by atoms with E-state index in [1.807, 2.05) is 0 Å². The summed E-state index contributed by atoms with van der Waals surface area (Å²) in [6, 6.07) is 10.7. The quantitative estimate of drug-likeness (QED) is 0.741. The van der Waals surface area contributed by atoms with E-state index in [4.69, 9.17) is 0 Å². The van der Waals surface area contributed by atoms with E-state index < -0.39 is 8.07 Å². The minimum Gasteiger partial charge on any atom is -0.256 e. The van der Waals surface area contributed by atoms with Gasteiger partial charge in [0, 0.05) is 11.8 Å². The molecule has 0 radical (unpaired) electrons. The average Bonchev–Trinajstić information content (AvgIpc) is 2.27. The number of nitrogens with zero attached hydrogens (tertiary/aromatic N) is 1. The normalized spacial score (nSPS) is 11.6. The van der Waals surface area contributed by atoms with Crippen molar-refractivity contribution < 1.29 is 0 Å². The average molecular weight is 255 g/mol. The topological polar surface area (TPSA) is 12.9 Å². The molecule has 0 unspecified atom stereocenters. The Kier molecular flexibility index (Phi) is 3.40. The molecule has 1 nitrogen and oxygen atoms in total. The van der Waals surface area contributed by atoms with Crippen LogP contribution in [-0.4, -0.2) is 13.1 Å². The van der Waals surface area contributed by atoms with E-state index >= 15 is 0 Å². The highest BCUT2D eigenvalue weighted by Crippen LogP contribution is 2.21. The minimum absolute atomic E-state index is 1.09. The van der Waals surface area contributed by atoms with E-state index in [-0.39, 0.29) is 0 Å². The Morgan fingerprint density at radius 1 is 0.944 bits per heavy atom. The van der Waals surface area contributed by atoms with Crippen molar-refractivity contribution in [2.45, 2.75) is 33.5 Å². The van der Waals surface area contributed by atoms with Gasteiger partial charge in [-0.05, 0) is 36.2 Å². The van der Waals surface area contributed by atoms with E-state index in [1.54, 1.807) is 0 Å². The van der Waals surface area contributed by atoms with Crippen LogP contribution in [0.5, 0.6) is 0 Å². The summed E-state index contributed by atoms with van der Waals surface area (Å²) in [5, 5.41) is 1.46. The Bertz CT molecular complexity index is 568. The Labute approximate surface area is 111 Å². The summed E-state index contributed by atoms with van der Waals surface area (Å²) in [7, 11) is -1.28. The number of pyridine rings is 1. The van der Waals surface area contributed by atoms with Gasteiger partial charge in [-0.1, -0.05) is 43.9 Å². The lowest BCUT2D eigenvalue weighted by molar-refractivity contribution is 1.29. The van der Waals surface area contributed by atoms with E-state index in [9.17, 15) is 0 Å². The van der Waals surface area contributed by atoms with Crippen molar-refractivity contribution in [2.24, 2.45) is 0 Å². The summed E-state index contributed by atoms with van der Waals surface area (Å²) in [6.45, 7) is 11.4. The first-order valence-corrected chi connectivity index (χ1v) is 9.93. The maximum absolute atomic E-state index is 4.67. The van der Waals surface area contributed by atoms with Crippen LogP contribution in [0.2, 0.25) is 19.6 Å². The highest BCUT2D eigenvalue weighted by Gasteiger charge is 2.19. The van der Waals surface area contributed by atoms with Crippen LogP contribution >= 0.6 is 0 Å². The second kappa shape index (κ2) is 4.69. The molecule has 1 heterocycles. The number of aryl methyl sites for hydroxylation is 2. The SMILES string of the molecule is Cc1ccccc1-c1cc(C)c([Si](C)(C)C)cn1. The Morgan fingerprint density at radius 2 is 1.61 bits per heavy atom. The molecule has 94 valence electrons. The van der Waals surface area contributed by atoms with Gasteiger partial charge in [0.05, 0.1) is 13.8 Å². The third kappa shape index (κ3) is 2.54. The molecule has 0 saturated heterocycles. The molecule has 0 spiro atoms. The zero-order valence-corrected chi connectivity index (χ0v) is 12.9. The largest absolute Gasteiger partial charge is 0.256 e. The third-order valence-corrected chi connectivity index (χ3v) is 5.48. The zero-order valence-electron chi connectivity index (χ0n) is 11.9. The van der Waals surface area contributed by atoms with Gasteiger partial charge in [-0.15, -0.1) is 0 Å². The lowest BCUT2D eigenvalue weighted by Gasteiger charge is -2.19. The minimum atomic E-state index is -1.28. The lowest BCUT2D eigenvalue weighted by atomic mass is 10.0. The molecular formula is C16H21NSi. The molecule has 0 aliphatic rings. The highest BCUT2D eigenvalue weighted by atomic mass is 28.3. The van der Waals surface area contributed by atoms with Gasteiger partial charge in [0.1, 0.15) is 0 Å². The summed E-state index contributed by atoms with van der Waals surface area (Å²) in [5.41, 5.74) is 4.99. The highest BCUT2D eigenvalue weighted by molar-refractivity contribution is 6.89. The van der Waals surface area contributed by atoms with Crippen molar-refractivity contribution in [3.63, 3.8) is 0 Å². The predicted molar refractivity (Wildman–Crippen MR) is 82.1 cm³/mol. The molecule has 0 amide bonds. The zero-order chi connectivity index (χ0) is 13.3. The molecule has 2 rings (SSSR count). The molecular weight excluding hydrogens is 234 g/mol. The molecule has 2 aromatic rings. The Balaban J connectivity index is 2.51. The van der Waals surface area contributed by atoms with Gasteiger partial charge in [0.15, 0.2) is 0 Å². The predicted octanol–water partition coefficient (Wildman–Crippen LogP) is 3.91. The van der Waals surface area contributed by atoms with E-state index in [0.29, 0.717) is 0 Å². The second-order valence-corrected chi connectivity index (χ2v) is 11.0. The number of rotatable bonds is 2. The smallest absolute Gasteiger partial charge is 0.0799 e. The van der Waals surface area contributed by atoms with Crippen molar-refractivity contribution in [3.05, 3.63) is 47.7 Å². The first kappa shape index (κ1) is 13.0. The van der Waals surface area contributed by atoms with Crippen LogP contribution < -0.4 is 5.19 Å². The molecule has 0 bridgehead atoms. The number of hydrogen-bond acceptors (Lipinski definition) is 1. The van der Waals surface area contributed by atoms with Crippen LogP contribution in [0, 0.1) is 13.8 Å². The summed E-state index contributed by atoms with van der Waals surface area (Å²) in [6.07, 6.45) is 2.09. The van der Waals surface area contributed by atoms with Crippen LogP contribution in [0.15, 0.2) is 36.5 Å². The van der Waals surface area contributed by atoms with Crippen molar-refractivity contribution in [1.29, 1.82) is 0 Å². The van der Waals surface area contributed by atoms with Crippen molar-refractivity contribution in [1.82, 2.24) is 4.98 Å². The van der Waals surface area contributed by atoms with Gasteiger partial charge in [0.2, 0.25) is 0 Å². The molecule has 18 heavy (non-hydrogen) atoms. The third-order valence-electron chi connectivity index (χ3n) is 3.34. The Hall–Kier alpha value is -1.41. The summed E-state index contributed by atoms with van der Waals surface area (Å²) in [4.78, 5) is 4.67. The molecule has 0 atom stereocenters. The summed E-state index contributed by atoms with van der Waals surface area (Å²) < 4.78 is 0. The van der Waals surface area contributed by atoms with Gasteiger partial charge < -0.3 is 0 Å². The van der Waals surface area contributed by atoms with Gasteiger partial charge in [-0.25, -0.2) is 0 Å². The fourth-order valence-corrected chi connectivity index (χ4v) is 4.06. The van der Waals surface area contributed by atoms with Gasteiger partial charge in [-0.2, -0.15) is 0 Å². The van der Waals surface area contributed by atoms with E-state index in [1.165, 1.54) is 21.9 Å². The maximum Gasteiger partial charge on any atom is 0.0799 e. The summed E-state index contributed by atoms with van der Waals surface area (Å²) in [5.74, 6) is 0. The van der Waals surface area contributed by atoms with Crippen molar-refractivity contribution in [3.8, 4) is 11.3 Å². The van der Waals surface area contributed by atoms with Crippen LogP contribution in [0.3, 0.4) is 0 Å². The molecule has 0 aliphatic carbocycles. The first-order chi connectivity index (χ1) is 8.39. The molecule has 0 N–H and O–H groups in total. The molecule has 0 saturated carbocycles. The van der Waals surface area contributed by atoms with Gasteiger partial charge in [0.25, 0.3) is 0 Å². The van der Waals surface area contributed by atoms with Crippen molar-refractivity contribution in [2.75, 3.05) is 0 Å². The number of aromatic nitrogens is 1. The maximum atomic E-state index is 4.67. The fraction of sp³-hybridized carbons (Fsp3) is 0.312. The van der Waals surface area contributed by atoms with Crippen LogP contribution in [0.25, 0.3) is 11.3 Å². The number of benzene rings is 1. The second-order valence-electron chi connectivity index (χ2n) is 5.95. The molecule has 2 heteroatoms. The van der Waals surface area contributed by atoms with Crippen LogP contribution in [-0.2, 0) is 0 Å². The molecule has 0 fully saturated rings. The van der Waals surface area contributed by atoms with Crippen LogP contribution in [0.4, 0.5) is 0 Å². The monoisotopic (exact) mass is 255 g/mol. The van der Waals surface area contributed by atoms with Gasteiger partial charge >= 0.3 is 0 Å². The Morgan fingerprint density at radius 3 is 2.17 bits per heavy atom. The molecule has 0 aliphatic heterocycles. The molecule has 1 aromatic carbocycles. The molecule has 1 aromatic heterocycles. The first-order valence-electron chi connectivity index (χ1n) is 6.43. The fourth-order valence-electron chi connectivity index (χ4n) is 2.35. The number of hydrogen-bond donors (Lipinski definition) is 0. The lowest BCUT2D eigenvalue weighted by Crippen LogP contribution is -2.39. The standard InChI is InChI=1S/C16H21NSi/c1-12-8-6-7-9-14(12)15-10-13(2)16(11-17-15)18(3,4)5/h6-11H,1-5H3. The summed E-state index contributed by atoms with van der Waals surface area (Å²) >= 11 is 0. The van der Waals surface area contributed by atoms with E-state index in [0.717, 1.165) is 5.69 Å². The van der Waals surface area contributed by atoms with Gasteiger partial charge in [-0.3, -0.25) is 4.98 Å². The van der Waals surface area contributed by atoms with Crippen molar-refractivity contribution >= 4 is 13.3 Å². The van der Waals surface area contributed by atoms with Crippen LogP contribution in [0.1, 0.15) is 11.1 Å².